The maximum absolute atomic E-state index is 10.8. The number of aliphatic hydroxyl groups is 1. The number of aliphatic hydroxyl groups excluding tert-OH is 1. The van der Waals surface area contributed by atoms with Crippen molar-refractivity contribution < 1.29 is 19.5 Å². The summed E-state index contributed by atoms with van der Waals surface area (Å²) in [7, 11) is -4.07. The fraction of sp³-hybridized carbons (Fsp3) is 1.00. The van der Waals surface area contributed by atoms with Crippen molar-refractivity contribution in [2.24, 2.45) is 0 Å². The SMILES string of the molecule is CCCCCCCCCCCCCCCCCCCCC(O)CP(=O)(O)O. The third-order valence-corrected chi connectivity index (χ3v) is 6.24. The molecule has 0 aliphatic heterocycles. The first kappa shape index (κ1) is 27.1. The molecule has 27 heavy (non-hydrogen) atoms. The van der Waals surface area contributed by atoms with Gasteiger partial charge in [0.05, 0.1) is 12.3 Å². The summed E-state index contributed by atoms with van der Waals surface area (Å²) in [5, 5.41) is 9.53. The van der Waals surface area contributed by atoms with Gasteiger partial charge in [-0.3, -0.25) is 4.57 Å². The molecule has 0 aliphatic rings. The highest BCUT2D eigenvalue weighted by molar-refractivity contribution is 7.51. The Labute approximate surface area is 168 Å². The van der Waals surface area contributed by atoms with Crippen molar-refractivity contribution in [1.82, 2.24) is 0 Å². The normalized spacial score (nSPS) is 13.2. The molecule has 0 bridgehead atoms. The zero-order valence-corrected chi connectivity index (χ0v) is 18.8. The first-order valence-corrected chi connectivity index (χ1v) is 13.5. The van der Waals surface area contributed by atoms with E-state index in [9.17, 15) is 9.67 Å². The Balaban J connectivity index is 3.12. The van der Waals surface area contributed by atoms with E-state index >= 15 is 0 Å². The van der Waals surface area contributed by atoms with Gasteiger partial charge < -0.3 is 14.9 Å². The minimum absolute atomic E-state index is 0.397. The quantitative estimate of drug-likeness (QED) is 0.142. The second-order valence-electron chi connectivity index (χ2n) is 8.30. The Kier molecular flexibility index (Phi) is 19.5. The predicted molar refractivity (Wildman–Crippen MR) is 116 cm³/mol. The highest BCUT2D eigenvalue weighted by atomic mass is 31.2. The van der Waals surface area contributed by atoms with Gasteiger partial charge in [0.1, 0.15) is 0 Å². The molecule has 1 atom stereocenters. The van der Waals surface area contributed by atoms with E-state index in [-0.39, 0.29) is 0 Å². The fourth-order valence-corrected chi connectivity index (χ4v) is 4.38. The Bertz CT molecular complexity index is 343. The van der Waals surface area contributed by atoms with E-state index in [1.165, 1.54) is 103 Å². The second kappa shape index (κ2) is 19.4. The highest BCUT2D eigenvalue weighted by Crippen LogP contribution is 2.35. The van der Waals surface area contributed by atoms with E-state index in [4.69, 9.17) is 9.79 Å². The van der Waals surface area contributed by atoms with Gasteiger partial charge in [-0.25, -0.2) is 0 Å². The predicted octanol–water partition coefficient (Wildman–Crippen LogP) is 6.96. The average molecular weight is 407 g/mol. The number of hydrogen-bond donors (Lipinski definition) is 3. The summed E-state index contributed by atoms with van der Waals surface area (Å²) in [6.07, 6.45) is 23.1. The molecule has 1 unspecified atom stereocenters. The molecule has 164 valence electrons. The van der Waals surface area contributed by atoms with E-state index < -0.39 is 19.9 Å². The van der Waals surface area contributed by atoms with Crippen LogP contribution in [0.4, 0.5) is 0 Å². The zero-order valence-electron chi connectivity index (χ0n) is 17.9. The van der Waals surface area contributed by atoms with E-state index in [0.717, 1.165) is 12.8 Å². The molecular formula is C22H47O4P. The third-order valence-electron chi connectivity index (χ3n) is 5.34. The van der Waals surface area contributed by atoms with Crippen LogP contribution in [0.1, 0.15) is 129 Å². The fourth-order valence-electron chi connectivity index (χ4n) is 3.65. The van der Waals surface area contributed by atoms with Crippen LogP contribution in [-0.2, 0) is 4.57 Å². The van der Waals surface area contributed by atoms with Crippen molar-refractivity contribution in [3.63, 3.8) is 0 Å². The lowest BCUT2D eigenvalue weighted by Crippen LogP contribution is -2.12. The molecule has 0 heterocycles. The smallest absolute Gasteiger partial charge is 0.328 e. The summed E-state index contributed by atoms with van der Waals surface area (Å²) < 4.78 is 10.8. The Morgan fingerprint density at radius 3 is 1.19 bits per heavy atom. The standard InChI is InChI=1S/C22H47O4P/c1-2-3-4-5-6-7-8-9-10-11-12-13-14-15-16-17-18-19-20-22(23)21-27(24,25)26/h22-23H,2-21H2,1H3,(H2,24,25,26). The van der Waals surface area contributed by atoms with Gasteiger partial charge >= 0.3 is 7.60 Å². The Morgan fingerprint density at radius 2 is 0.889 bits per heavy atom. The van der Waals surface area contributed by atoms with Crippen molar-refractivity contribution in [3.05, 3.63) is 0 Å². The van der Waals surface area contributed by atoms with Crippen molar-refractivity contribution in [2.75, 3.05) is 6.16 Å². The summed E-state index contributed by atoms with van der Waals surface area (Å²) in [6, 6.07) is 0. The van der Waals surface area contributed by atoms with Crippen LogP contribution < -0.4 is 0 Å². The molecule has 0 rings (SSSR count). The van der Waals surface area contributed by atoms with Crippen LogP contribution in [-0.4, -0.2) is 27.2 Å². The molecule has 0 radical (unpaired) electrons. The summed E-state index contributed by atoms with van der Waals surface area (Å²) in [4.78, 5) is 17.6. The summed E-state index contributed by atoms with van der Waals surface area (Å²) in [5.74, 6) is 0. The van der Waals surface area contributed by atoms with Gasteiger partial charge in [-0.15, -0.1) is 0 Å². The van der Waals surface area contributed by atoms with Gasteiger partial charge in [0, 0.05) is 0 Å². The van der Waals surface area contributed by atoms with Crippen molar-refractivity contribution in [1.29, 1.82) is 0 Å². The number of unbranched alkanes of at least 4 members (excludes halogenated alkanes) is 17. The van der Waals surface area contributed by atoms with Crippen molar-refractivity contribution >= 4 is 7.60 Å². The lowest BCUT2D eigenvalue weighted by atomic mass is 10.0. The molecule has 3 N–H and O–H groups in total. The van der Waals surface area contributed by atoms with Gasteiger partial charge in [0.25, 0.3) is 0 Å². The summed E-state index contributed by atoms with van der Waals surface area (Å²) >= 11 is 0. The van der Waals surface area contributed by atoms with Crippen molar-refractivity contribution in [3.8, 4) is 0 Å². The summed E-state index contributed by atoms with van der Waals surface area (Å²) in [5.41, 5.74) is 0. The van der Waals surface area contributed by atoms with Crippen LogP contribution in [0.2, 0.25) is 0 Å². The van der Waals surface area contributed by atoms with Crippen LogP contribution in [0, 0.1) is 0 Å². The molecule has 0 aromatic carbocycles. The minimum atomic E-state index is -4.07. The largest absolute Gasteiger partial charge is 0.392 e. The molecule has 0 aromatic rings. The van der Waals surface area contributed by atoms with Crippen LogP contribution in [0.15, 0.2) is 0 Å². The molecule has 0 saturated heterocycles. The molecule has 0 aromatic heterocycles. The van der Waals surface area contributed by atoms with Gasteiger partial charge in [-0.05, 0) is 6.42 Å². The first-order chi connectivity index (χ1) is 13.0. The van der Waals surface area contributed by atoms with Gasteiger partial charge in [-0.1, -0.05) is 122 Å². The maximum Gasteiger partial charge on any atom is 0.328 e. The third kappa shape index (κ3) is 24.1. The molecule has 0 fully saturated rings. The second-order valence-corrected chi connectivity index (χ2v) is 9.99. The molecule has 0 saturated carbocycles. The van der Waals surface area contributed by atoms with Crippen LogP contribution in [0.3, 0.4) is 0 Å². The maximum atomic E-state index is 10.8. The topological polar surface area (TPSA) is 77.8 Å². The lowest BCUT2D eigenvalue weighted by Gasteiger charge is -2.11. The van der Waals surface area contributed by atoms with Crippen molar-refractivity contribution in [2.45, 2.75) is 135 Å². The van der Waals surface area contributed by atoms with E-state index in [1.807, 2.05) is 0 Å². The Morgan fingerprint density at radius 1 is 0.593 bits per heavy atom. The molecule has 4 nitrogen and oxygen atoms in total. The molecule has 0 spiro atoms. The van der Waals surface area contributed by atoms with Crippen LogP contribution in [0.5, 0.6) is 0 Å². The van der Waals surface area contributed by atoms with Gasteiger partial charge in [0.2, 0.25) is 0 Å². The van der Waals surface area contributed by atoms with E-state index in [0.29, 0.717) is 6.42 Å². The number of hydrogen-bond acceptors (Lipinski definition) is 2. The molecule has 0 aliphatic carbocycles. The number of rotatable bonds is 21. The molecule has 0 amide bonds. The average Bonchev–Trinajstić information content (AvgIpc) is 2.59. The highest BCUT2D eigenvalue weighted by Gasteiger charge is 2.18. The van der Waals surface area contributed by atoms with Crippen LogP contribution >= 0.6 is 7.60 Å². The van der Waals surface area contributed by atoms with Gasteiger partial charge in [0.15, 0.2) is 0 Å². The monoisotopic (exact) mass is 406 g/mol. The van der Waals surface area contributed by atoms with Crippen LogP contribution in [0.25, 0.3) is 0 Å². The minimum Gasteiger partial charge on any atom is -0.392 e. The summed E-state index contributed by atoms with van der Waals surface area (Å²) in [6.45, 7) is 2.27. The van der Waals surface area contributed by atoms with E-state index in [1.54, 1.807) is 0 Å². The molecule has 5 heteroatoms. The Hall–Kier alpha value is 0.110. The zero-order chi connectivity index (χ0) is 20.2. The van der Waals surface area contributed by atoms with E-state index in [2.05, 4.69) is 6.92 Å². The lowest BCUT2D eigenvalue weighted by molar-refractivity contribution is 0.175. The van der Waals surface area contributed by atoms with Gasteiger partial charge in [-0.2, -0.15) is 0 Å². The molecular weight excluding hydrogens is 359 g/mol. The first-order valence-electron chi connectivity index (χ1n) is 11.7.